The van der Waals surface area contributed by atoms with E-state index in [0.717, 1.165) is 0 Å². The SMILES string of the molecule is CN[C@@H]1[C@@H](O)[C@@H](O[C@@H]2[C@@H](O)[C@H](C3OC(CNC(=O)OCc4ccc([N+](=O)[O-])cc4)=CC[C@H]3NC(=O)OCc3ccc([N+](=O)[O-])cc3)[C@@H](NC(=O)OC(C)(C)C)C[C@H]2N)OC[C@]1(C)O. The Hall–Kier alpha value is -5.69. The molecule has 2 heterocycles. The van der Waals surface area contributed by atoms with Crippen molar-refractivity contribution < 1.29 is 68.0 Å². The van der Waals surface area contributed by atoms with Gasteiger partial charge in [0.25, 0.3) is 11.4 Å². The van der Waals surface area contributed by atoms with Crippen LogP contribution in [0, 0.1) is 26.1 Å². The first-order chi connectivity index (χ1) is 29.6. The molecule has 2 aliphatic heterocycles. The minimum atomic E-state index is -1.61. The maximum atomic E-state index is 13.4. The third-order valence-corrected chi connectivity index (χ3v) is 10.7. The van der Waals surface area contributed by atoms with Crippen LogP contribution in [0.25, 0.3) is 0 Å². The Morgan fingerprint density at radius 2 is 1.44 bits per heavy atom. The highest BCUT2D eigenvalue weighted by molar-refractivity contribution is 5.69. The molecule has 23 nitrogen and oxygen atoms in total. The van der Waals surface area contributed by atoms with Gasteiger partial charge < -0.3 is 70.7 Å². The van der Waals surface area contributed by atoms with Gasteiger partial charge in [0.1, 0.15) is 48.5 Å². The highest BCUT2D eigenvalue weighted by Gasteiger charge is 2.54. The summed E-state index contributed by atoms with van der Waals surface area (Å²) in [6.45, 7) is 5.49. The number of nitro benzene ring substituents is 2. The van der Waals surface area contributed by atoms with Crippen molar-refractivity contribution in [3.05, 3.63) is 91.7 Å². The van der Waals surface area contributed by atoms with Crippen molar-refractivity contribution in [2.45, 2.75) is 120 Å². The normalized spacial score (nSPS) is 29.5. The molecule has 2 fully saturated rings. The van der Waals surface area contributed by atoms with E-state index in [9.17, 15) is 49.9 Å². The van der Waals surface area contributed by atoms with Gasteiger partial charge in [0.15, 0.2) is 6.29 Å². The average molecular weight is 890 g/mol. The maximum absolute atomic E-state index is 13.4. The number of nitrogens with two attached hydrogens (primary N) is 1. The van der Waals surface area contributed by atoms with Crippen LogP contribution >= 0.6 is 0 Å². The third-order valence-electron chi connectivity index (χ3n) is 10.7. The second-order valence-corrected chi connectivity index (χ2v) is 16.7. The molecule has 3 amide bonds. The Morgan fingerprint density at radius 1 is 0.889 bits per heavy atom. The van der Waals surface area contributed by atoms with Gasteiger partial charge in [-0.2, -0.15) is 0 Å². The lowest BCUT2D eigenvalue weighted by Crippen LogP contribution is -2.69. The van der Waals surface area contributed by atoms with Crippen molar-refractivity contribution in [2.24, 2.45) is 11.7 Å². The van der Waals surface area contributed by atoms with Crippen LogP contribution in [0.5, 0.6) is 0 Å². The van der Waals surface area contributed by atoms with Gasteiger partial charge in [-0.15, -0.1) is 0 Å². The smallest absolute Gasteiger partial charge is 0.407 e. The zero-order valence-electron chi connectivity index (χ0n) is 35.3. The van der Waals surface area contributed by atoms with E-state index in [1.54, 1.807) is 26.8 Å². The van der Waals surface area contributed by atoms with Gasteiger partial charge in [-0.05, 0) is 89.1 Å². The lowest BCUT2D eigenvalue weighted by Gasteiger charge is -2.50. The number of aliphatic hydroxyl groups excluding tert-OH is 2. The number of nitro groups is 2. The summed E-state index contributed by atoms with van der Waals surface area (Å²) in [6.07, 6.45) is -7.99. The molecule has 1 saturated heterocycles. The number of nitrogens with one attached hydrogen (secondary N) is 4. The van der Waals surface area contributed by atoms with E-state index in [-0.39, 0.29) is 56.3 Å². The molecule has 346 valence electrons. The van der Waals surface area contributed by atoms with E-state index in [0.29, 0.717) is 11.1 Å². The molecule has 0 bridgehead atoms. The first-order valence-electron chi connectivity index (χ1n) is 20.1. The molecule has 23 heteroatoms. The Bertz CT molecular complexity index is 1960. The van der Waals surface area contributed by atoms with Gasteiger partial charge in [0.05, 0.1) is 41.2 Å². The zero-order chi connectivity index (χ0) is 46.2. The molecule has 0 radical (unpaired) electrons. The van der Waals surface area contributed by atoms with Crippen LogP contribution in [0.3, 0.4) is 0 Å². The molecule has 63 heavy (non-hydrogen) atoms. The minimum absolute atomic E-state index is 0.0372. The number of alkyl carbamates (subject to hydrolysis) is 3. The molecule has 0 spiro atoms. The molecule has 1 unspecified atom stereocenters. The fourth-order valence-electron chi connectivity index (χ4n) is 7.66. The molecule has 3 aliphatic rings. The molecule has 1 saturated carbocycles. The first kappa shape index (κ1) is 48.3. The standard InChI is InChI=1S/C40H55N7O16/c1-39(2,3)63-38(52)45-28-16-26(41)32(62-35-31(49)34(42-5)40(4,53)20-60-35)30(48)29(28)33-27(44-37(51)59-19-22-8-12-24(13-9-22)47(56)57)15-14-25(61-33)17-43-36(50)58-18-21-6-10-23(11-7-21)46(54)55/h6-14,26-35,42,48-49,53H,15-20,41H2,1-5H3,(H,43,50)(H,44,51)(H,45,52)/t26-,27-,28+,29-,30+,31-,32+,33?,34-,35-,40+/m1/s1. The summed E-state index contributed by atoms with van der Waals surface area (Å²) in [6, 6.07) is 6.93. The lowest BCUT2D eigenvalue weighted by atomic mass is 9.72. The number of benzene rings is 2. The van der Waals surface area contributed by atoms with Crippen LogP contribution in [-0.2, 0) is 41.6 Å². The summed E-state index contributed by atoms with van der Waals surface area (Å²) in [4.78, 5) is 60.4. The molecule has 2 aromatic rings. The van der Waals surface area contributed by atoms with Crippen LogP contribution in [0.15, 0.2) is 60.4 Å². The fraction of sp³-hybridized carbons (Fsp3) is 0.575. The quantitative estimate of drug-likeness (QED) is 0.0761. The van der Waals surface area contributed by atoms with Gasteiger partial charge in [-0.1, -0.05) is 0 Å². The highest BCUT2D eigenvalue weighted by atomic mass is 16.7. The summed E-state index contributed by atoms with van der Waals surface area (Å²) in [5.41, 5.74) is 4.87. The number of carbonyl (C=O) groups is 3. The number of carbonyl (C=O) groups excluding carboxylic acids is 3. The Labute approximate surface area is 361 Å². The molecule has 2 aromatic carbocycles. The van der Waals surface area contributed by atoms with E-state index in [2.05, 4.69) is 21.3 Å². The number of hydrogen-bond acceptors (Lipinski definition) is 18. The van der Waals surface area contributed by atoms with Crippen molar-refractivity contribution in [1.82, 2.24) is 21.3 Å². The number of hydrogen-bond donors (Lipinski definition) is 8. The van der Waals surface area contributed by atoms with Gasteiger partial charge in [0.2, 0.25) is 0 Å². The molecular formula is C40H55N7O16. The van der Waals surface area contributed by atoms with Crippen LogP contribution < -0.4 is 27.0 Å². The second-order valence-electron chi connectivity index (χ2n) is 16.7. The topological polar surface area (TPSA) is 328 Å². The van der Waals surface area contributed by atoms with Crippen LogP contribution in [0.2, 0.25) is 0 Å². The summed E-state index contributed by atoms with van der Waals surface area (Å²) >= 11 is 0. The van der Waals surface area contributed by atoms with E-state index in [1.165, 1.54) is 62.5 Å². The van der Waals surface area contributed by atoms with Gasteiger partial charge in [-0.3, -0.25) is 20.2 Å². The van der Waals surface area contributed by atoms with Gasteiger partial charge >= 0.3 is 18.3 Å². The van der Waals surface area contributed by atoms with Crippen LogP contribution in [0.1, 0.15) is 51.7 Å². The Morgan fingerprint density at radius 3 is 1.98 bits per heavy atom. The van der Waals surface area contributed by atoms with Gasteiger partial charge in [0, 0.05) is 42.3 Å². The summed E-state index contributed by atoms with van der Waals surface area (Å²) in [5, 5.41) is 67.3. The summed E-state index contributed by atoms with van der Waals surface area (Å²) < 4.78 is 34.6. The molecule has 5 rings (SSSR count). The van der Waals surface area contributed by atoms with Crippen LogP contribution in [0.4, 0.5) is 25.8 Å². The lowest BCUT2D eigenvalue weighted by molar-refractivity contribution is -0.385. The number of likely N-dealkylation sites (N-methyl/N-ethyl adjacent to an activating group) is 1. The Balaban J connectivity index is 1.39. The maximum Gasteiger partial charge on any atom is 0.407 e. The predicted molar refractivity (Wildman–Crippen MR) is 218 cm³/mol. The van der Waals surface area contributed by atoms with Crippen molar-refractivity contribution in [1.29, 1.82) is 0 Å². The summed E-state index contributed by atoms with van der Waals surface area (Å²) in [7, 11) is 1.54. The fourth-order valence-corrected chi connectivity index (χ4v) is 7.66. The van der Waals surface area contributed by atoms with Crippen molar-refractivity contribution in [3.63, 3.8) is 0 Å². The number of amides is 3. The van der Waals surface area contributed by atoms with Crippen LogP contribution in [-0.4, -0.2) is 130 Å². The number of ether oxygens (including phenoxy) is 6. The minimum Gasteiger partial charge on any atom is -0.491 e. The van der Waals surface area contributed by atoms with Gasteiger partial charge in [-0.25, -0.2) is 14.4 Å². The van der Waals surface area contributed by atoms with Crippen molar-refractivity contribution in [2.75, 3.05) is 20.2 Å². The van der Waals surface area contributed by atoms with E-state index >= 15 is 0 Å². The first-order valence-corrected chi connectivity index (χ1v) is 20.1. The van der Waals surface area contributed by atoms with E-state index in [1.807, 2.05) is 0 Å². The number of rotatable bonds is 14. The number of non-ortho nitro benzene ring substituents is 2. The van der Waals surface area contributed by atoms with Crippen molar-refractivity contribution in [3.8, 4) is 0 Å². The molecule has 9 N–H and O–H groups in total. The van der Waals surface area contributed by atoms with E-state index in [4.69, 9.17) is 34.2 Å². The monoisotopic (exact) mass is 889 g/mol. The number of aliphatic hydroxyl groups is 3. The summed E-state index contributed by atoms with van der Waals surface area (Å²) in [5.74, 6) is -0.991. The Kier molecular flexibility index (Phi) is 15.9. The highest BCUT2D eigenvalue weighted by Crippen LogP contribution is 2.37. The second kappa shape index (κ2) is 20.7. The number of nitrogens with zero attached hydrogens (tertiary/aromatic N) is 2. The molecular weight excluding hydrogens is 834 g/mol. The zero-order valence-corrected chi connectivity index (χ0v) is 35.3. The molecule has 0 aromatic heterocycles. The van der Waals surface area contributed by atoms with Crippen molar-refractivity contribution >= 4 is 29.7 Å². The largest absolute Gasteiger partial charge is 0.491 e. The molecule has 1 aliphatic carbocycles. The van der Waals surface area contributed by atoms with E-state index < -0.39 is 100 Å². The predicted octanol–water partition coefficient (Wildman–Crippen LogP) is 1.74. The third kappa shape index (κ3) is 12.9. The average Bonchev–Trinajstić information content (AvgIpc) is 3.21. The molecule has 11 atom stereocenters.